The second-order valence-corrected chi connectivity index (χ2v) is 10.8. The first-order valence-electron chi connectivity index (χ1n) is 12.7. The monoisotopic (exact) mass is 555 g/mol. The Bertz CT molecular complexity index is 1360. The maximum absolute atomic E-state index is 13.8. The van der Waals surface area contributed by atoms with Gasteiger partial charge < -0.3 is 15.0 Å². The summed E-state index contributed by atoms with van der Waals surface area (Å²) in [6.45, 7) is 7.25. The number of carbonyl (C=O) groups excluding carboxylic acids is 2. The number of ether oxygens (including phenoxy) is 1. The number of hydrogen-bond donors (Lipinski definition) is 1. The van der Waals surface area contributed by atoms with Crippen molar-refractivity contribution >= 4 is 27.5 Å². The van der Waals surface area contributed by atoms with E-state index in [9.17, 15) is 22.4 Å². The van der Waals surface area contributed by atoms with Gasteiger partial charge in [-0.3, -0.25) is 13.9 Å². The largest absolute Gasteiger partial charge is 0.494 e. The van der Waals surface area contributed by atoms with Gasteiger partial charge in [-0.25, -0.2) is 12.8 Å². The van der Waals surface area contributed by atoms with Gasteiger partial charge in [0.15, 0.2) is 0 Å². The molecule has 0 radical (unpaired) electrons. The number of nitrogens with zero attached hydrogens (tertiary/aromatic N) is 2. The van der Waals surface area contributed by atoms with Gasteiger partial charge in [0.05, 0.1) is 17.2 Å². The highest BCUT2D eigenvalue weighted by Gasteiger charge is 2.32. The zero-order valence-corrected chi connectivity index (χ0v) is 23.4. The van der Waals surface area contributed by atoms with E-state index >= 15 is 0 Å². The lowest BCUT2D eigenvalue weighted by Gasteiger charge is -2.32. The predicted molar refractivity (Wildman–Crippen MR) is 148 cm³/mol. The predicted octanol–water partition coefficient (Wildman–Crippen LogP) is 4.28. The standard InChI is InChI=1S/C29H34FN3O5S/c1-5-31-29(35)22(4)32(19-23-9-11-24(30)12-10-23)28(34)20-33(25-13-15-26(16-14-25)38-6-2)39(36,37)27-17-7-21(3)8-18-27/h7-18,22H,5-6,19-20H2,1-4H3,(H,31,35). The summed E-state index contributed by atoms with van der Waals surface area (Å²) in [5.74, 6) is -0.855. The molecule has 0 aliphatic rings. The van der Waals surface area contributed by atoms with Crippen molar-refractivity contribution in [2.24, 2.45) is 0 Å². The van der Waals surface area contributed by atoms with Gasteiger partial charge >= 0.3 is 0 Å². The Labute approximate surface area is 229 Å². The fourth-order valence-corrected chi connectivity index (χ4v) is 5.35. The van der Waals surface area contributed by atoms with Crippen molar-refractivity contribution in [2.45, 2.75) is 45.2 Å². The average molecular weight is 556 g/mol. The van der Waals surface area contributed by atoms with E-state index in [-0.39, 0.29) is 23.0 Å². The van der Waals surface area contributed by atoms with E-state index in [0.717, 1.165) is 9.87 Å². The van der Waals surface area contributed by atoms with Crippen LogP contribution in [0.4, 0.5) is 10.1 Å². The van der Waals surface area contributed by atoms with Crippen LogP contribution in [0.3, 0.4) is 0 Å². The van der Waals surface area contributed by atoms with Crippen molar-refractivity contribution in [1.29, 1.82) is 0 Å². The van der Waals surface area contributed by atoms with Crippen LogP contribution >= 0.6 is 0 Å². The Hall–Kier alpha value is -3.92. The third-order valence-electron chi connectivity index (χ3n) is 6.11. The van der Waals surface area contributed by atoms with Gasteiger partial charge in [-0.1, -0.05) is 29.8 Å². The van der Waals surface area contributed by atoms with Gasteiger partial charge in [-0.2, -0.15) is 0 Å². The van der Waals surface area contributed by atoms with Crippen molar-refractivity contribution in [1.82, 2.24) is 10.2 Å². The first kappa shape index (κ1) is 29.6. The molecule has 0 bridgehead atoms. The van der Waals surface area contributed by atoms with Crippen molar-refractivity contribution in [2.75, 3.05) is 24.0 Å². The molecule has 0 aliphatic heterocycles. The molecule has 0 fully saturated rings. The van der Waals surface area contributed by atoms with Gasteiger partial charge in [0.1, 0.15) is 24.2 Å². The number of hydrogen-bond acceptors (Lipinski definition) is 5. The second-order valence-electron chi connectivity index (χ2n) is 8.97. The van der Waals surface area contributed by atoms with E-state index in [1.807, 2.05) is 13.8 Å². The van der Waals surface area contributed by atoms with Crippen LogP contribution in [-0.2, 0) is 26.2 Å². The van der Waals surface area contributed by atoms with Gasteiger partial charge in [0.25, 0.3) is 10.0 Å². The van der Waals surface area contributed by atoms with E-state index in [4.69, 9.17) is 4.74 Å². The maximum Gasteiger partial charge on any atom is 0.264 e. The molecule has 3 rings (SSSR count). The minimum Gasteiger partial charge on any atom is -0.494 e. The summed E-state index contributed by atoms with van der Waals surface area (Å²) in [5, 5.41) is 2.70. The first-order chi connectivity index (χ1) is 18.6. The number of aryl methyl sites for hydroxylation is 1. The molecule has 10 heteroatoms. The molecule has 39 heavy (non-hydrogen) atoms. The molecule has 0 saturated heterocycles. The summed E-state index contributed by atoms with van der Waals surface area (Å²) in [6.07, 6.45) is 0. The lowest BCUT2D eigenvalue weighted by Crippen LogP contribution is -2.51. The molecular formula is C29H34FN3O5S. The third-order valence-corrected chi connectivity index (χ3v) is 7.90. The second kappa shape index (κ2) is 13.2. The summed E-state index contributed by atoms with van der Waals surface area (Å²) in [7, 11) is -4.16. The van der Waals surface area contributed by atoms with Crippen LogP contribution in [0.25, 0.3) is 0 Å². The van der Waals surface area contributed by atoms with Gasteiger partial charge in [-0.15, -0.1) is 0 Å². The normalized spacial score (nSPS) is 11.9. The highest BCUT2D eigenvalue weighted by molar-refractivity contribution is 7.92. The van der Waals surface area contributed by atoms with Crippen molar-refractivity contribution in [3.8, 4) is 5.75 Å². The van der Waals surface area contributed by atoms with Crippen LogP contribution in [-0.4, -0.2) is 50.9 Å². The fourth-order valence-electron chi connectivity index (χ4n) is 3.93. The molecule has 208 valence electrons. The zero-order chi connectivity index (χ0) is 28.6. The summed E-state index contributed by atoms with van der Waals surface area (Å²) in [5.41, 5.74) is 1.74. The molecule has 3 aromatic rings. The number of sulfonamides is 1. The number of likely N-dealkylation sites (N-methyl/N-ethyl adjacent to an activating group) is 1. The fraction of sp³-hybridized carbons (Fsp3) is 0.310. The minimum absolute atomic E-state index is 0.0148. The van der Waals surface area contributed by atoms with Crippen molar-refractivity contribution in [3.63, 3.8) is 0 Å². The van der Waals surface area contributed by atoms with Crippen LogP contribution in [0.5, 0.6) is 5.75 Å². The quantitative estimate of drug-likeness (QED) is 0.360. The number of amides is 2. The smallest absolute Gasteiger partial charge is 0.264 e. The first-order valence-corrected chi connectivity index (χ1v) is 14.1. The Morgan fingerprint density at radius 2 is 1.56 bits per heavy atom. The molecule has 0 saturated carbocycles. The SMILES string of the molecule is CCNC(=O)C(C)N(Cc1ccc(F)cc1)C(=O)CN(c1ccc(OCC)cc1)S(=O)(=O)c1ccc(C)cc1. The Morgan fingerprint density at radius 3 is 2.13 bits per heavy atom. The van der Waals surface area contributed by atoms with Gasteiger partial charge in [0, 0.05) is 13.1 Å². The summed E-state index contributed by atoms with van der Waals surface area (Å²) in [6, 6.07) is 17.4. The van der Waals surface area contributed by atoms with Gasteiger partial charge in [-0.05, 0) is 81.8 Å². The van der Waals surface area contributed by atoms with Gasteiger partial charge in [0.2, 0.25) is 11.8 Å². The number of benzene rings is 3. The summed E-state index contributed by atoms with van der Waals surface area (Å²) in [4.78, 5) is 27.8. The molecule has 1 atom stereocenters. The maximum atomic E-state index is 13.8. The average Bonchev–Trinajstić information content (AvgIpc) is 2.92. The van der Waals surface area contributed by atoms with Crippen LogP contribution in [0.15, 0.2) is 77.7 Å². The van der Waals surface area contributed by atoms with Crippen molar-refractivity contribution < 1.29 is 27.1 Å². The number of rotatable bonds is 12. The summed E-state index contributed by atoms with van der Waals surface area (Å²) < 4.78 is 47.6. The lowest BCUT2D eigenvalue weighted by atomic mass is 10.1. The molecule has 0 heterocycles. The highest BCUT2D eigenvalue weighted by Crippen LogP contribution is 2.27. The molecule has 1 N–H and O–H groups in total. The molecule has 8 nitrogen and oxygen atoms in total. The van der Waals surface area contributed by atoms with Crippen LogP contribution < -0.4 is 14.4 Å². The Morgan fingerprint density at radius 1 is 0.949 bits per heavy atom. The van der Waals surface area contributed by atoms with E-state index in [1.165, 1.54) is 41.3 Å². The molecule has 0 aromatic heterocycles. The highest BCUT2D eigenvalue weighted by atomic mass is 32.2. The van der Waals surface area contributed by atoms with E-state index < -0.39 is 34.3 Å². The number of anilines is 1. The Balaban J connectivity index is 2.02. The number of nitrogens with one attached hydrogen (secondary N) is 1. The molecule has 1 unspecified atom stereocenters. The summed E-state index contributed by atoms with van der Waals surface area (Å²) >= 11 is 0. The number of carbonyl (C=O) groups is 2. The van der Waals surface area contributed by atoms with Crippen LogP contribution in [0.1, 0.15) is 31.9 Å². The number of halogens is 1. The van der Waals surface area contributed by atoms with Crippen LogP contribution in [0, 0.1) is 12.7 Å². The van der Waals surface area contributed by atoms with E-state index in [2.05, 4.69) is 5.32 Å². The lowest BCUT2D eigenvalue weighted by molar-refractivity contribution is -0.139. The van der Waals surface area contributed by atoms with Crippen LogP contribution in [0.2, 0.25) is 0 Å². The molecule has 0 aliphatic carbocycles. The van der Waals surface area contributed by atoms with Crippen molar-refractivity contribution in [3.05, 3.63) is 89.7 Å². The molecule has 2 amide bonds. The molecule has 0 spiro atoms. The topological polar surface area (TPSA) is 96.0 Å². The van der Waals surface area contributed by atoms with E-state index in [1.54, 1.807) is 50.2 Å². The molecule has 3 aromatic carbocycles. The van der Waals surface area contributed by atoms with E-state index in [0.29, 0.717) is 24.5 Å². The third kappa shape index (κ3) is 7.57. The molecular weight excluding hydrogens is 521 g/mol. The Kier molecular flexibility index (Phi) is 10.1. The minimum atomic E-state index is -4.16. The zero-order valence-electron chi connectivity index (χ0n) is 22.6.